The van der Waals surface area contributed by atoms with Gasteiger partial charge in [0.05, 0.1) is 17.3 Å². The molecule has 0 aliphatic heterocycles. The summed E-state index contributed by atoms with van der Waals surface area (Å²) in [6, 6.07) is 16.1. The quantitative estimate of drug-likeness (QED) is 0.918. The smallest absolute Gasteiger partial charge is 0.182 e. The lowest BCUT2D eigenvalue weighted by molar-refractivity contribution is 0.414. The SMILES string of the molecule is COc1ccc([C@@H]2[C@H](CN)[C@@H]2S(=O)(=O)c2ccccc2)cc1. The summed E-state index contributed by atoms with van der Waals surface area (Å²) in [7, 11) is -1.74. The second-order valence-electron chi connectivity index (χ2n) is 5.52. The topological polar surface area (TPSA) is 69.4 Å². The number of hydrogen-bond acceptors (Lipinski definition) is 4. The Bertz CT molecular complexity index is 741. The van der Waals surface area contributed by atoms with Gasteiger partial charge in [0, 0.05) is 5.92 Å². The van der Waals surface area contributed by atoms with Crippen LogP contribution in [0.5, 0.6) is 5.75 Å². The number of hydrogen-bond donors (Lipinski definition) is 1. The predicted octanol–water partition coefficient (Wildman–Crippen LogP) is 2.21. The Hall–Kier alpha value is -1.85. The highest BCUT2D eigenvalue weighted by atomic mass is 32.2. The lowest BCUT2D eigenvalue weighted by Gasteiger charge is -2.05. The molecule has 1 saturated carbocycles. The first-order chi connectivity index (χ1) is 10.6. The van der Waals surface area contributed by atoms with Crippen LogP contribution in [0, 0.1) is 5.92 Å². The first kappa shape index (κ1) is 15.1. The zero-order valence-electron chi connectivity index (χ0n) is 12.3. The van der Waals surface area contributed by atoms with Crippen LogP contribution in [-0.4, -0.2) is 27.3 Å². The average Bonchev–Trinajstić information content (AvgIpc) is 3.31. The Morgan fingerprint density at radius 1 is 1.05 bits per heavy atom. The van der Waals surface area contributed by atoms with E-state index < -0.39 is 15.1 Å². The van der Waals surface area contributed by atoms with Crippen LogP contribution in [-0.2, 0) is 9.84 Å². The van der Waals surface area contributed by atoms with Crippen LogP contribution in [0.25, 0.3) is 0 Å². The van der Waals surface area contributed by atoms with E-state index in [1.54, 1.807) is 31.4 Å². The number of sulfone groups is 1. The van der Waals surface area contributed by atoms with Gasteiger partial charge in [-0.1, -0.05) is 30.3 Å². The van der Waals surface area contributed by atoms with Gasteiger partial charge in [-0.2, -0.15) is 0 Å². The largest absolute Gasteiger partial charge is 0.497 e. The van der Waals surface area contributed by atoms with Crippen molar-refractivity contribution in [2.24, 2.45) is 11.7 Å². The number of ether oxygens (including phenoxy) is 1. The summed E-state index contributed by atoms with van der Waals surface area (Å²) in [5.74, 6) is 0.691. The van der Waals surface area contributed by atoms with Gasteiger partial charge in [-0.05, 0) is 42.3 Å². The van der Waals surface area contributed by atoms with Crippen molar-refractivity contribution in [1.29, 1.82) is 0 Å². The summed E-state index contributed by atoms with van der Waals surface area (Å²) in [5, 5.41) is -0.437. The number of rotatable bonds is 5. The highest BCUT2D eigenvalue weighted by molar-refractivity contribution is 7.92. The van der Waals surface area contributed by atoms with Crippen molar-refractivity contribution >= 4 is 9.84 Å². The van der Waals surface area contributed by atoms with Crippen molar-refractivity contribution in [2.45, 2.75) is 16.1 Å². The molecule has 0 aromatic heterocycles. The third kappa shape index (κ3) is 2.51. The van der Waals surface area contributed by atoms with Crippen LogP contribution in [0.1, 0.15) is 11.5 Å². The van der Waals surface area contributed by atoms with Gasteiger partial charge in [-0.3, -0.25) is 0 Å². The van der Waals surface area contributed by atoms with E-state index in [-0.39, 0.29) is 11.8 Å². The summed E-state index contributed by atoms with van der Waals surface area (Å²) in [6.45, 7) is 0.368. The number of nitrogens with two attached hydrogens (primary N) is 1. The van der Waals surface area contributed by atoms with E-state index in [4.69, 9.17) is 10.5 Å². The van der Waals surface area contributed by atoms with Crippen LogP contribution in [0.4, 0.5) is 0 Å². The molecule has 0 heterocycles. The maximum Gasteiger partial charge on any atom is 0.182 e. The second kappa shape index (κ2) is 5.74. The normalized spacial score (nSPS) is 24.0. The van der Waals surface area contributed by atoms with Gasteiger partial charge in [0.2, 0.25) is 0 Å². The molecule has 2 N–H and O–H groups in total. The zero-order chi connectivity index (χ0) is 15.7. The van der Waals surface area contributed by atoms with Crippen LogP contribution in [0.2, 0.25) is 0 Å². The Labute approximate surface area is 130 Å². The summed E-state index contributed by atoms with van der Waals surface area (Å²) in [5.41, 5.74) is 6.79. The molecule has 0 bridgehead atoms. The van der Waals surface area contributed by atoms with E-state index in [0.717, 1.165) is 11.3 Å². The molecule has 0 amide bonds. The van der Waals surface area contributed by atoms with Crippen LogP contribution in [0.3, 0.4) is 0 Å². The van der Waals surface area contributed by atoms with E-state index in [0.29, 0.717) is 11.4 Å². The van der Waals surface area contributed by atoms with Gasteiger partial charge in [0.15, 0.2) is 9.84 Å². The summed E-state index contributed by atoms with van der Waals surface area (Å²) in [4.78, 5) is 0.370. The molecular weight excluding hydrogens is 298 g/mol. The minimum absolute atomic E-state index is 0.0291. The van der Waals surface area contributed by atoms with Gasteiger partial charge in [-0.15, -0.1) is 0 Å². The Morgan fingerprint density at radius 2 is 1.68 bits per heavy atom. The van der Waals surface area contributed by atoms with Gasteiger partial charge in [0.25, 0.3) is 0 Å². The fourth-order valence-corrected chi connectivity index (χ4v) is 5.32. The molecule has 0 spiro atoms. The van der Waals surface area contributed by atoms with Crippen LogP contribution in [0.15, 0.2) is 59.5 Å². The summed E-state index contributed by atoms with van der Waals surface area (Å²) in [6.07, 6.45) is 0. The zero-order valence-corrected chi connectivity index (χ0v) is 13.2. The van der Waals surface area contributed by atoms with Gasteiger partial charge in [0.1, 0.15) is 5.75 Å². The molecule has 1 aliphatic carbocycles. The first-order valence-corrected chi connectivity index (χ1v) is 8.77. The van der Waals surface area contributed by atoms with Gasteiger partial charge >= 0.3 is 0 Å². The molecular formula is C17H19NO3S. The van der Waals surface area contributed by atoms with E-state index in [9.17, 15) is 8.42 Å². The fourth-order valence-electron chi connectivity index (χ4n) is 3.08. The molecule has 22 heavy (non-hydrogen) atoms. The van der Waals surface area contributed by atoms with Crippen molar-refractivity contribution in [3.05, 3.63) is 60.2 Å². The van der Waals surface area contributed by atoms with E-state index in [1.165, 1.54) is 0 Å². The molecule has 0 saturated heterocycles. The Morgan fingerprint density at radius 3 is 2.23 bits per heavy atom. The molecule has 3 rings (SSSR count). The molecule has 1 fully saturated rings. The first-order valence-electron chi connectivity index (χ1n) is 7.22. The lowest BCUT2D eigenvalue weighted by Crippen LogP contribution is -2.13. The van der Waals surface area contributed by atoms with Crippen molar-refractivity contribution in [1.82, 2.24) is 0 Å². The summed E-state index contributed by atoms with van der Waals surface area (Å²) < 4.78 is 30.7. The van der Waals surface area contributed by atoms with E-state index in [2.05, 4.69) is 0 Å². The van der Waals surface area contributed by atoms with Gasteiger partial charge < -0.3 is 10.5 Å². The number of methoxy groups -OCH3 is 1. The molecule has 2 aromatic rings. The molecule has 116 valence electrons. The van der Waals surface area contributed by atoms with Crippen molar-refractivity contribution in [3.63, 3.8) is 0 Å². The van der Waals surface area contributed by atoms with Crippen molar-refractivity contribution < 1.29 is 13.2 Å². The Kier molecular flexibility index (Phi) is 3.93. The monoisotopic (exact) mass is 317 g/mol. The molecule has 0 radical (unpaired) electrons. The Balaban J connectivity index is 1.91. The third-order valence-electron chi connectivity index (χ3n) is 4.30. The molecule has 0 unspecified atom stereocenters. The summed E-state index contributed by atoms with van der Waals surface area (Å²) >= 11 is 0. The van der Waals surface area contributed by atoms with Crippen molar-refractivity contribution in [2.75, 3.05) is 13.7 Å². The maximum atomic E-state index is 12.8. The van der Waals surface area contributed by atoms with Crippen LogP contribution >= 0.6 is 0 Å². The second-order valence-corrected chi connectivity index (χ2v) is 7.63. The standard InChI is InChI=1S/C17H19NO3S/c1-21-13-9-7-12(8-10-13)16-15(11-18)17(16)22(19,20)14-5-3-2-4-6-14/h2-10,15-17H,11,18H2,1H3/t15-,16+,17-/m0/s1. The van der Waals surface area contributed by atoms with Gasteiger partial charge in [-0.25, -0.2) is 8.42 Å². The molecule has 4 nitrogen and oxygen atoms in total. The fraction of sp³-hybridized carbons (Fsp3) is 0.294. The predicted molar refractivity (Wildman–Crippen MR) is 85.7 cm³/mol. The molecule has 3 atom stereocenters. The minimum atomic E-state index is -3.35. The maximum absolute atomic E-state index is 12.8. The highest BCUT2D eigenvalue weighted by Crippen LogP contribution is 2.53. The van der Waals surface area contributed by atoms with Crippen molar-refractivity contribution in [3.8, 4) is 5.75 Å². The number of benzene rings is 2. The van der Waals surface area contributed by atoms with E-state index >= 15 is 0 Å². The molecule has 1 aliphatic rings. The molecule has 5 heteroatoms. The highest BCUT2D eigenvalue weighted by Gasteiger charge is 2.57. The van der Waals surface area contributed by atoms with E-state index in [1.807, 2.05) is 30.3 Å². The average molecular weight is 317 g/mol. The lowest BCUT2D eigenvalue weighted by atomic mass is 10.1. The third-order valence-corrected chi connectivity index (χ3v) is 6.59. The molecule has 2 aromatic carbocycles. The minimum Gasteiger partial charge on any atom is -0.497 e. The van der Waals surface area contributed by atoms with Crippen LogP contribution < -0.4 is 10.5 Å².